The van der Waals surface area contributed by atoms with Crippen LogP contribution in [0.15, 0.2) is 28.8 Å². The predicted octanol–water partition coefficient (Wildman–Crippen LogP) is 1.38. The number of esters is 1. The van der Waals surface area contributed by atoms with Crippen LogP contribution in [0, 0.1) is 0 Å². The van der Waals surface area contributed by atoms with Gasteiger partial charge in [0.25, 0.3) is 0 Å². The van der Waals surface area contributed by atoms with E-state index in [1.165, 1.54) is 26.6 Å². The summed E-state index contributed by atoms with van der Waals surface area (Å²) < 4.78 is 4.64. The lowest BCUT2D eigenvalue weighted by molar-refractivity contribution is -0.132. The van der Waals surface area contributed by atoms with Crippen LogP contribution in [0.2, 0.25) is 0 Å². The maximum absolute atomic E-state index is 11.6. The summed E-state index contributed by atoms with van der Waals surface area (Å²) in [4.78, 5) is 25.4. The first-order valence-corrected chi connectivity index (χ1v) is 5.42. The van der Waals surface area contributed by atoms with Crippen LogP contribution in [0.3, 0.4) is 0 Å². The van der Waals surface area contributed by atoms with Crippen molar-refractivity contribution in [1.29, 1.82) is 0 Å². The second-order valence-electron chi connectivity index (χ2n) is 3.62. The lowest BCUT2D eigenvalue weighted by atomic mass is 10.1. The molecule has 0 bridgehead atoms. The van der Waals surface area contributed by atoms with Crippen molar-refractivity contribution in [2.75, 3.05) is 14.2 Å². The number of methoxy groups -OCH3 is 1. The maximum Gasteiger partial charge on any atom is 0.360 e. The van der Waals surface area contributed by atoms with E-state index in [1.807, 2.05) is 0 Å². The second-order valence-corrected chi connectivity index (χ2v) is 3.62. The minimum Gasteiger partial charge on any atom is -0.464 e. The number of carbonyl (C=O) groups is 1. The Labute approximate surface area is 110 Å². The summed E-state index contributed by atoms with van der Waals surface area (Å²) in [6.07, 6.45) is 2.93. The van der Waals surface area contributed by atoms with Crippen LogP contribution in [0.5, 0.6) is 5.75 Å². The van der Waals surface area contributed by atoms with Gasteiger partial charge in [0.05, 0.1) is 24.6 Å². The third-order valence-corrected chi connectivity index (χ3v) is 1.93. The fraction of sp³-hybridized carbons (Fsp3) is 0.333. The highest BCUT2D eigenvalue weighted by Gasteiger charge is 2.20. The highest BCUT2D eigenvalue weighted by Crippen LogP contribution is 2.18. The number of hydrogen-bond acceptors (Lipinski definition) is 7. The van der Waals surface area contributed by atoms with Crippen molar-refractivity contribution in [3.05, 3.63) is 24.0 Å². The highest BCUT2D eigenvalue weighted by molar-refractivity contribution is 6.43. The Morgan fingerprint density at radius 3 is 2.58 bits per heavy atom. The van der Waals surface area contributed by atoms with E-state index >= 15 is 0 Å². The smallest absolute Gasteiger partial charge is 0.360 e. The van der Waals surface area contributed by atoms with Gasteiger partial charge in [0.1, 0.15) is 7.11 Å². The minimum absolute atomic E-state index is 0.0219. The number of ether oxygens (including phenoxy) is 1. The molecule has 0 aromatic carbocycles. The average molecular weight is 265 g/mol. The molecule has 0 aliphatic rings. The number of pyridine rings is 1. The Kier molecular flexibility index (Phi) is 5.46. The quantitative estimate of drug-likeness (QED) is 0.456. The Morgan fingerprint density at radius 2 is 2.00 bits per heavy atom. The van der Waals surface area contributed by atoms with E-state index in [0.29, 0.717) is 5.56 Å². The van der Waals surface area contributed by atoms with Crippen molar-refractivity contribution < 1.29 is 19.2 Å². The number of nitrogens with zero attached hydrogens (tertiary/aromatic N) is 3. The van der Waals surface area contributed by atoms with Gasteiger partial charge in [-0.3, -0.25) is 4.98 Å². The van der Waals surface area contributed by atoms with Gasteiger partial charge < -0.3 is 14.4 Å². The molecule has 0 spiro atoms. The van der Waals surface area contributed by atoms with E-state index in [0.717, 1.165) is 5.71 Å². The van der Waals surface area contributed by atoms with Crippen LogP contribution in [-0.4, -0.2) is 36.6 Å². The SMILES string of the molecule is CO/N=C(\C(=O)OC)c1ccncc1ON=C(C)C. The van der Waals surface area contributed by atoms with Gasteiger partial charge >= 0.3 is 5.97 Å². The number of rotatable bonds is 5. The van der Waals surface area contributed by atoms with Gasteiger partial charge in [-0.05, 0) is 19.9 Å². The van der Waals surface area contributed by atoms with Gasteiger partial charge in [0, 0.05) is 6.20 Å². The zero-order chi connectivity index (χ0) is 14.3. The van der Waals surface area contributed by atoms with Gasteiger partial charge in [0.15, 0.2) is 11.5 Å². The summed E-state index contributed by atoms with van der Waals surface area (Å²) in [7, 11) is 2.59. The minimum atomic E-state index is -0.643. The van der Waals surface area contributed by atoms with Crippen LogP contribution in [0.4, 0.5) is 0 Å². The molecule has 0 radical (unpaired) electrons. The van der Waals surface area contributed by atoms with Crippen LogP contribution in [0.1, 0.15) is 19.4 Å². The normalized spacial score (nSPS) is 10.6. The topological polar surface area (TPSA) is 82.4 Å². The van der Waals surface area contributed by atoms with Gasteiger partial charge in [-0.25, -0.2) is 4.79 Å². The average Bonchev–Trinajstić information content (AvgIpc) is 2.42. The van der Waals surface area contributed by atoms with Crippen molar-refractivity contribution in [2.45, 2.75) is 13.8 Å². The summed E-state index contributed by atoms with van der Waals surface area (Å²) >= 11 is 0. The fourth-order valence-electron chi connectivity index (χ4n) is 1.17. The molecule has 0 unspecified atom stereocenters. The standard InChI is InChI=1S/C12H15N3O4/c1-8(2)14-19-10-7-13-6-5-9(10)11(15-18-4)12(16)17-3/h5-7H,1-4H3/b15-11-. The largest absolute Gasteiger partial charge is 0.464 e. The maximum atomic E-state index is 11.6. The molecular weight excluding hydrogens is 250 g/mol. The molecule has 102 valence electrons. The van der Waals surface area contributed by atoms with Crippen LogP contribution in [-0.2, 0) is 14.4 Å². The van der Waals surface area contributed by atoms with Crippen molar-refractivity contribution in [3.63, 3.8) is 0 Å². The summed E-state index contributed by atoms with van der Waals surface area (Å²) in [6, 6.07) is 1.56. The molecule has 1 rings (SSSR count). The molecule has 0 N–H and O–H groups in total. The van der Waals surface area contributed by atoms with E-state index in [9.17, 15) is 4.79 Å². The first kappa shape index (κ1) is 14.6. The number of hydrogen-bond donors (Lipinski definition) is 0. The zero-order valence-corrected chi connectivity index (χ0v) is 11.2. The molecule has 1 aromatic heterocycles. The van der Waals surface area contributed by atoms with E-state index in [1.54, 1.807) is 19.9 Å². The van der Waals surface area contributed by atoms with Gasteiger partial charge in [-0.1, -0.05) is 10.3 Å². The van der Waals surface area contributed by atoms with Crippen molar-refractivity contribution in [1.82, 2.24) is 4.98 Å². The van der Waals surface area contributed by atoms with E-state index < -0.39 is 5.97 Å². The Hall–Kier alpha value is -2.44. The summed E-state index contributed by atoms with van der Waals surface area (Å²) in [5.74, 6) is -0.361. The summed E-state index contributed by atoms with van der Waals surface area (Å²) in [5.41, 5.74) is 1.08. The Morgan fingerprint density at radius 1 is 1.26 bits per heavy atom. The van der Waals surface area contributed by atoms with Crippen molar-refractivity contribution in [3.8, 4) is 5.75 Å². The van der Waals surface area contributed by atoms with E-state index in [-0.39, 0.29) is 11.5 Å². The molecule has 7 heteroatoms. The number of oxime groups is 2. The van der Waals surface area contributed by atoms with Gasteiger partial charge in [0.2, 0.25) is 0 Å². The first-order chi connectivity index (χ1) is 9.10. The molecule has 0 aliphatic heterocycles. The zero-order valence-electron chi connectivity index (χ0n) is 11.2. The molecule has 0 aliphatic carbocycles. The molecule has 7 nitrogen and oxygen atoms in total. The Balaban J connectivity index is 3.20. The molecule has 0 saturated heterocycles. The second kappa shape index (κ2) is 7.10. The lowest BCUT2D eigenvalue weighted by Gasteiger charge is -2.07. The fourth-order valence-corrected chi connectivity index (χ4v) is 1.17. The molecular formula is C12H15N3O4. The molecule has 0 amide bonds. The molecule has 1 heterocycles. The van der Waals surface area contributed by atoms with Crippen molar-refractivity contribution in [2.24, 2.45) is 10.3 Å². The van der Waals surface area contributed by atoms with E-state index in [2.05, 4.69) is 24.9 Å². The third kappa shape index (κ3) is 4.06. The van der Waals surface area contributed by atoms with Gasteiger partial charge in [-0.15, -0.1) is 0 Å². The van der Waals surface area contributed by atoms with E-state index in [4.69, 9.17) is 4.84 Å². The number of aromatic nitrogens is 1. The molecule has 0 fully saturated rings. The van der Waals surface area contributed by atoms with Crippen LogP contribution >= 0.6 is 0 Å². The van der Waals surface area contributed by atoms with Gasteiger partial charge in [-0.2, -0.15) is 0 Å². The molecule has 0 saturated carbocycles. The molecule has 1 aromatic rings. The molecule has 0 atom stereocenters. The van der Waals surface area contributed by atoms with Crippen molar-refractivity contribution >= 4 is 17.4 Å². The Bertz CT molecular complexity index is 507. The highest BCUT2D eigenvalue weighted by atomic mass is 16.6. The van der Waals surface area contributed by atoms with Crippen LogP contribution < -0.4 is 4.84 Å². The lowest BCUT2D eigenvalue weighted by Crippen LogP contribution is -2.18. The monoisotopic (exact) mass is 265 g/mol. The summed E-state index contributed by atoms with van der Waals surface area (Å²) in [6.45, 7) is 3.56. The van der Waals surface area contributed by atoms with Crippen LogP contribution in [0.25, 0.3) is 0 Å². The first-order valence-electron chi connectivity index (χ1n) is 5.42. The summed E-state index contributed by atoms with van der Waals surface area (Å²) in [5, 5.41) is 7.45. The third-order valence-electron chi connectivity index (χ3n) is 1.93. The molecule has 19 heavy (non-hydrogen) atoms. The predicted molar refractivity (Wildman–Crippen MR) is 69.2 cm³/mol. The number of carbonyl (C=O) groups excluding carboxylic acids is 1.